The highest BCUT2D eigenvalue weighted by Gasteiger charge is 2.17. The predicted octanol–water partition coefficient (Wildman–Crippen LogP) is 3.66. The number of aromatic carboxylic acids is 1. The summed E-state index contributed by atoms with van der Waals surface area (Å²) in [6.07, 6.45) is 3.58. The number of hydrogen-bond donors (Lipinski definition) is 1. The van der Waals surface area contributed by atoms with Crippen LogP contribution in [0.25, 0.3) is 0 Å². The van der Waals surface area contributed by atoms with E-state index < -0.39 is 5.97 Å². The molecule has 0 spiro atoms. The molecule has 1 heterocycles. The van der Waals surface area contributed by atoms with Crippen LogP contribution in [0.15, 0.2) is 18.2 Å². The van der Waals surface area contributed by atoms with Crippen LogP contribution < -0.4 is 4.90 Å². The SMILES string of the molecule is CC1CCCN(c2ccc(C(=O)O)cc2Cl)CC1. The van der Waals surface area contributed by atoms with Crippen molar-refractivity contribution in [3.63, 3.8) is 0 Å². The van der Waals surface area contributed by atoms with E-state index >= 15 is 0 Å². The van der Waals surface area contributed by atoms with Gasteiger partial charge in [0.05, 0.1) is 16.3 Å². The fraction of sp³-hybridized carbons (Fsp3) is 0.500. The monoisotopic (exact) mass is 267 g/mol. The second-order valence-electron chi connectivity index (χ2n) is 4.99. The highest BCUT2D eigenvalue weighted by Crippen LogP contribution is 2.29. The van der Waals surface area contributed by atoms with Crippen molar-refractivity contribution in [3.05, 3.63) is 28.8 Å². The molecule has 0 saturated carbocycles. The molecule has 0 bridgehead atoms. The van der Waals surface area contributed by atoms with Gasteiger partial charge in [0.1, 0.15) is 0 Å². The zero-order chi connectivity index (χ0) is 13.1. The maximum Gasteiger partial charge on any atom is 0.335 e. The average Bonchev–Trinajstić information content (AvgIpc) is 2.54. The molecule has 1 aromatic carbocycles. The van der Waals surface area contributed by atoms with Gasteiger partial charge in [0.2, 0.25) is 0 Å². The van der Waals surface area contributed by atoms with Gasteiger partial charge in [0.25, 0.3) is 0 Å². The highest BCUT2D eigenvalue weighted by molar-refractivity contribution is 6.33. The number of carbonyl (C=O) groups is 1. The van der Waals surface area contributed by atoms with Crippen molar-refractivity contribution < 1.29 is 9.90 Å². The maximum atomic E-state index is 10.9. The van der Waals surface area contributed by atoms with Crippen LogP contribution in [0, 0.1) is 5.92 Å². The summed E-state index contributed by atoms with van der Waals surface area (Å²) in [6, 6.07) is 4.98. The maximum absolute atomic E-state index is 10.9. The molecule has 18 heavy (non-hydrogen) atoms. The van der Waals surface area contributed by atoms with E-state index in [1.807, 2.05) is 6.07 Å². The van der Waals surface area contributed by atoms with Crippen LogP contribution in [-0.2, 0) is 0 Å². The Hall–Kier alpha value is -1.22. The first-order valence-corrected chi connectivity index (χ1v) is 6.73. The fourth-order valence-corrected chi connectivity index (χ4v) is 2.70. The molecule has 1 aliphatic rings. The van der Waals surface area contributed by atoms with Crippen molar-refractivity contribution in [1.29, 1.82) is 0 Å². The van der Waals surface area contributed by atoms with Gasteiger partial charge in [-0.1, -0.05) is 18.5 Å². The van der Waals surface area contributed by atoms with Crippen LogP contribution >= 0.6 is 11.6 Å². The molecule has 1 unspecified atom stereocenters. The van der Waals surface area contributed by atoms with Crippen LogP contribution in [0.1, 0.15) is 36.5 Å². The van der Waals surface area contributed by atoms with E-state index in [1.165, 1.54) is 12.5 Å². The number of benzene rings is 1. The molecule has 1 aliphatic heterocycles. The van der Waals surface area contributed by atoms with Crippen molar-refractivity contribution in [2.75, 3.05) is 18.0 Å². The number of carboxylic acids is 1. The lowest BCUT2D eigenvalue weighted by Crippen LogP contribution is -2.24. The van der Waals surface area contributed by atoms with Gasteiger partial charge >= 0.3 is 5.97 Å². The normalized spacial score (nSPS) is 20.6. The van der Waals surface area contributed by atoms with Crippen LogP contribution in [0.5, 0.6) is 0 Å². The quantitative estimate of drug-likeness (QED) is 0.889. The molecule has 2 rings (SSSR count). The van der Waals surface area contributed by atoms with Gasteiger partial charge in [0, 0.05) is 13.1 Å². The molecule has 0 aliphatic carbocycles. The van der Waals surface area contributed by atoms with Gasteiger partial charge in [-0.25, -0.2) is 4.79 Å². The predicted molar refractivity (Wildman–Crippen MR) is 73.6 cm³/mol. The number of anilines is 1. The largest absolute Gasteiger partial charge is 0.478 e. The minimum absolute atomic E-state index is 0.243. The Balaban J connectivity index is 2.20. The number of nitrogens with zero attached hydrogens (tertiary/aromatic N) is 1. The van der Waals surface area contributed by atoms with Crippen LogP contribution in [0.4, 0.5) is 5.69 Å². The van der Waals surface area contributed by atoms with Crippen molar-refractivity contribution >= 4 is 23.3 Å². The first-order chi connectivity index (χ1) is 8.58. The summed E-state index contributed by atoms with van der Waals surface area (Å²) in [5, 5.41) is 9.45. The van der Waals surface area contributed by atoms with E-state index in [1.54, 1.807) is 6.07 Å². The molecule has 98 valence electrons. The molecule has 0 aromatic heterocycles. The Bertz CT molecular complexity index is 447. The minimum Gasteiger partial charge on any atom is -0.478 e. The number of halogens is 1. The zero-order valence-electron chi connectivity index (χ0n) is 10.5. The number of hydrogen-bond acceptors (Lipinski definition) is 2. The third-order valence-corrected chi connectivity index (χ3v) is 3.85. The van der Waals surface area contributed by atoms with E-state index in [0.29, 0.717) is 5.02 Å². The molecule has 1 saturated heterocycles. The van der Waals surface area contributed by atoms with Gasteiger partial charge in [0.15, 0.2) is 0 Å². The Kier molecular flexibility index (Phi) is 4.12. The van der Waals surface area contributed by atoms with Gasteiger partial charge in [-0.15, -0.1) is 0 Å². The Labute approximate surface area is 112 Å². The van der Waals surface area contributed by atoms with E-state index in [-0.39, 0.29) is 5.56 Å². The molecular formula is C14H18ClNO2. The Morgan fingerprint density at radius 2 is 2.17 bits per heavy atom. The summed E-state index contributed by atoms with van der Waals surface area (Å²) in [7, 11) is 0. The zero-order valence-corrected chi connectivity index (χ0v) is 11.3. The standard InChI is InChI=1S/C14H18ClNO2/c1-10-3-2-7-16(8-6-10)13-5-4-11(14(17)18)9-12(13)15/h4-5,9-10H,2-3,6-8H2,1H3,(H,17,18). The molecule has 1 fully saturated rings. The third-order valence-electron chi connectivity index (χ3n) is 3.55. The summed E-state index contributed by atoms with van der Waals surface area (Å²) in [5.41, 5.74) is 1.20. The number of carboxylic acid groups (broad SMARTS) is 1. The second kappa shape index (κ2) is 5.61. The molecule has 4 heteroatoms. The van der Waals surface area contributed by atoms with Gasteiger partial charge < -0.3 is 10.0 Å². The first kappa shape index (κ1) is 13.2. The second-order valence-corrected chi connectivity index (χ2v) is 5.40. The molecule has 0 radical (unpaired) electrons. The summed E-state index contributed by atoms with van der Waals surface area (Å²) in [5.74, 6) is -0.181. The fourth-order valence-electron chi connectivity index (χ4n) is 2.40. The third kappa shape index (κ3) is 2.96. The number of rotatable bonds is 2. The first-order valence-electron chi connectivity index (χ1n) is 6.35. The lowest BCUT2D eigenvalue weighted by atomic mass is 10.0. The average molecular weight is 268 g/mol. The Morgan fingerprint density at radius 1 is 1.39 bits per heavy atom. The summed E-state index contributed by atoms with van der Waals surface area (Å²) >= 11 is 6.19. The highest BCUT2D eigenvalue weighted by atomic mass is 35.5. The van der Waals surface area contributed by atoms with Crippen LogP contribution in [-0.4, -0.2) is 24.2 Å². The molecular weight excluding hydrogens is 250 g/mol. The smallest absolute Gasteiger partial charge is 0.335 e. The van der Waals surface area contributed by atoms with Crippen LogP contribution in [0.3, 0.4) is 0 Å². The van der Waals surface area contributed by atoms with E-state index in [0.717, 1.165) is 37.5 Å². The minimum atomic E-state index is -0.937. The molecule has 1 N–H and O–H groups in total. The van der Waals surface area contributed by atoms with E-state index in [9.17, 15) is 4.79 Å². The van der Waals surface area contributed by atoms with E-state index in [4.69, 9.17) is 16.7 Å². The van der Waals surface area contributed by atoms with Crippen LogP contribution in [0.2, 0.25) is 5.02 Å². The summed E-state index contributed by atoms with van der Waals surface area (Å²) in [4.78, 5) is 13.1. The molecule has 3 nitrogen and oxygen atoms in total. The lowest BCUT2D eigenvalue weighted by molar-refractivity contribution is 0.0697. The van der Waals surface area contributed by atoms with Crippen molar-refractivity contribution in [2.24, 2.45) is 5.92 Å². The summed E-state index contributed by atoms with van der Waals surface area (Å²) in [6.45, 7) is 4.27. The lowest BCUT2D eigenvalue weighted by Gasteiger charge is -2.24. The molecule has 1 atom stereocenters. The van der Waals surface area contributed by atoms with Crippen molar-refractivity contribution in [3.8, 4) is 0 Å². The van der Waals surface area contributed by atoms with Gasteiger partial charge in [-0.05, 0) is 43.4 Å². The van der Waals surface area contributed by atoms with Gasteiger partial charge in [-0.2, -0.15) is 0 Å². The van der Waals surface area contributed by atoms with Gasteiger partial charge in [-0.3, -0.25) is 0 Å². The molecule has 1 aromatic rings. The molecule has 0 amide bonds. The topological polar surface area (TPSA) is 40.5 Å². The van der Waals surface area contributed by atoms with E-state index in [2.05, 4.69) is 11.8 Å². The van der Waals surface area contributed by atoms with Crippen molar-refractivity contribution in [2.45, 2.75) is 26.2 Å². The van der Waals surface area contributed by atoms with Crippen molar-refractivity contribution in [1.82, 2.24) is 0 Å². The summed E-state index contributed by atoms with van der Waals surface area (Å²) < 4.78 is 0. The Morgan fingerprint density at radius 3 is 2.83 bits per heavy atom.